The van der Waals surface area contributed by atoms with Crippen molar-refractivity contribution in [2.75, 3.05) is 4.72 Å². The van der Waals surface area contributed by atoms with E-state index in [0.717, 1.165) is 12.1 Å². The number of hydrogen-bond donors (Lipinski definition) is 1. The molecule has 0 aliphatic heterocycles. The molecule has 0 radical (unpaired) electrons. The van der Waals surface area contributed by atoms with Gasteiger partial charge in [-0.3, -0.25) is 14.8 Å². The monoisotopic (exact) mass is 315 g/mol. The highest BCUT2D eigenvalue weighted by molar-refractivity contribution is 7.92. The third kappa shape index (κ3) is 3.28. The lowest BCUT2D eigenvalue weighted by Gasteiger charge is -2.07. The van der Waals surface area contributed by atoms with Crippen molar-refractivity contribution in [3.8, 4) is 0 Å². The molecule has 1 N–H and O–H groups in total. The van der Waals surface area contributed by atoms with Gasteiger partial charge in [-0.25, -0.2) is 13.4 Å². The van der Waals surface area contributed by atoms with Crippen LogP contribution >= 0.6 is 0 Å². The number of nitrogens with one attached hydrogen (secondary N) is 1. The summed E-state index contributed by atoms with van der Waals surface area (Å²) >= 11 is 0. The van der Waals surface area contributed by atoms with Crippen molar-refractivity contribution in [2.45, 2.75) is 4.90 Å². The molecule has 2 aromatic rings. The maximum absolute atomic E-state index is 13.2. The van der Waals surface area contributed by atoms with E-state index in [1.165, 1.54) is 12.1 Å². The topological polar surface area (TPSA) is 102 Å². The predicted octanol–water partition coefficient (Wildman–Crippen LogP) is 2.07. The number of sulfonamides is 1. The number of nitrogens with zero attached hydrogens (tertiary/aromatic N) is 2. The van der Waals surface area contributed by atoms with Gasteiger partial charge in [0.1, 0.15) is 5.82 Å². The number of hydrogen-bond acceptors (Lipinski definition) is 5. The van der Waals surface area contributed by atoms with Crippen LogP contribution in [0.4, 0.5) is 20.3 Å². The Morgan fingerprint density at radius 3 is 2.52 bits per heavy atom. The van der Waals surface area contributed by atoms with Crippen LogP contribution in [0.25, 0.3) is 0 Å². The molecule has 0 saturated carbocycles. The maximum Gasteiger partial charge on any atom is 0.306 e. The average Bonchev–Trinajstić information content (AvgIpc) is 2.38. The molecule has 21 heavy (non-hydrogen) atoms. The first kappa shape index (κ1) is 14.8. The van der Waals surface area contributed by atoms with Gasteiger partial charge in [0.15, 0.2) is 0 Å². The van der Waals surface area contributed by atoms with Gasteiger partial charge in [-0.15, -0.1) is 0 Å². The molecular weight excluding hydrogens is 308 g/mol. The molecule has 0 amide bonds. The lowest BCUT2D eigenvalue weighted by atomic mass is 10.3. The van der Waals surface area contributed by atoms with Crippen molar-refractivity contribution in [1.29, 1.82) is 0 Å². The summed E-state index contributed by atoms with van der Waals surface area (Å²) in [5.74, 6) is -2.37. The summed E-state index contributed by atoms with van der Waals surface area (Å²) in [6, 6.07) is 5.51. The molecule has 1 aromatic carbocycles. The summed E-state index contributed by atoms with van der Waals surface area (Å²) in [7, 11) is -4.25. The minimum atomic E-state index is -4.25. The number of nitro benzene ring substituents is 1. The molecule has 0 atom stereocenters. The lowest BCUT2D eigenvalue weighted by Crippen LogP contribution is -2.14. The second-order valence-corrected chi connectivity index (χ2v) is 5.50. The summed E-state index contributed by atoms with van der Waals surface area (Å²) < 4.78 is 52.0. The van der Waals surface area contributed by atoms with Gasteiger partial charge in [0.25, 0.3) is 10.0 Å². The molecular formula is C11H7F2N3O4S. The molecule has 0 saturated heterocycles. The highest BCUT2D eigenvalue weighted by Crippen LogP contribution is 2.22. The number of pyridine rings is 1. The molecule has 0 aliphatic rings. The first-order valence-electron chi connectivity index (χ1n) is 5.39. The van der Waals surface area contributed by atoms with Crippen LogP contribution in [-0.2, 0) is 10.0 Å². The Morgan fingerprint density at radius 1 is 1.19 bits per heavy atom. The van der Waals surface area contributed by atoms with Gasteiger partial charge < -0.3 is 0 Å². The fraction of sp³-hybridized carbons (Fsp3) is 0. The van der Waals surface area contributed by atoms with Crippen LogP contribution in [0, 0.1) is 21.9 Å². The number of aromatic nitrogens is 1. The summed E-state index contributed by atoms with van der Waals surface area (Å²) in [4.78, 5) is 12.3. The first-order valence-corrected chi connectivity index (χ1v) is 6.87. The fourth-order valence-electron chi connectivity index (χ4n) is 1.46. The number of benzene rings is 1. The maximum atomic E-state index is 13.2. The van der Waals surface area contributed by atoms with Gasteiger partial charge in [0.2, 0.25) is 11.8 Å². The van der Waals surface area contributed by atoms with E-state index in [1.807, 2.05) is 4.72 Å². The minimum absolute atomic E-state index is 0.304. The number of rotatable bonds is 4. The molecule has 7 nitrogen and oxygen atoms in total. The Hall–Kier alpha value is -2.62. The molecule has 110 valence electrons. The SMILES string of the molecule is O=[N+]([O-])c1cc(S(=O)(=O)Nc2cccc(F)n2)ccc1F. The zero-order valence-corrected chi connectivity index (χ0v) is 11.0. The van der Waals surface area contributed by atoms with Crippen LogP contribution in [0.15, 0.2) is 41.3 Å². The normalized spacial score (nSPS) is 11.1. The highest BCUT2D eigenvalue weighted by Gasteiger charge is 2.22. The van der Waals surface area contributed by atoms with E-state index in [4.69, 9.17) is 0 Å². The van der Waals surface area contributed by atoms with E-state index in [1.54, 1.807) is 0 Å². The van der Waals surface area contributed by atoms with Crippen LogP contribution in [-0.4, -0.2) is 18.3 Å². The largest absolute Gasteiger partial charge is 0.306 e. The number of halogens is 2. The van der Waals surface area contributed by atoms with E-state index >= 15 is 0 Å². The summed E-state index contributed by atoms with van der Waals surface area (Å²) in [6.07, 6.45) is 0. The van der Waals surface area contributed by atoms with E-state index in [2.05, 4.69) is 4.98 Å². The molecule has 0 aliphatic carbocycles. The molecule has 0 bridgehead atoms. The Balaban J connectivity index is 2.40. The van der Waals surface area contributed by atoms with Gasteiger partial charge in [-0.1, -0.05) is 6.07 Å². The zero-order chi connectivity index (χ0) is 15.6. The second-order valence-electron chi connectivity index (χ2n) is 3.82. The van der Waals surface area contributed by atoms with Crippen molar-refractivity contribution < 1.29 is 22.1 Å². The highest BCUT2D eigenvalue weighted by atomic mass is 32.2. The molecule has 1 heterocycles. The third-order valence-corrected chi connectivity index (χ3v) is 3.73. The second kappa shape index (κ2) is 5.40. The van der Waals surface area contributed by atoms with Gasteiger partial charge in [0, 0.05) is 6.07 Å². The molecule has 10 heteroatoms. The van der Waals surface area contributed by atoms with Crippen LogP contribution < -0.4 is 4.72 Å². The van der Waals surface area contributed by atoms with Crippen LogP contribution in [0.5, 0.6) is 0 Å². The summed E-state index contributed by atoms with van der Waals surface area (Å²) in [6.45, 7) is 0. The summed E-state index contributed by atoms with van der Waals surface area (Å²) in [5.41, 5.74) is -0.981. The molecule has 0 unspecified atom stereocenters. The zero-order valence-electron chi connectivity index (χ0n) is 10.2. The van der Waals surface area contributed by atoms with Crippen molar-refractivity contribution >= 4 is 21.5 Å². The van der Waals surface area contributed by atoms with E-state index in [0.29, 0.717) is 12.1 Å². The van der Waals surface area contributed by atoms with Gasteiger partial charge >= 0.3 is 5.69 Å². The third-order valence-electron chi connectivity index (χ3n) is 2.38. The molecule has 1 aromatic heterocycles. The Kier molecular flexibility index (Phi) is 3.80. The first-order chi connectivity index (χ1) is 9.79. The van der Waals surface area contributed by atoms with Crippen LogP contribution in [0.3, 0.4) is 0 Å². The van der Waals surface area contributed by atoms with Gasteiger partial charge in [-0.05, 0) is 24.3 Å². The van der Waals surface area contributed by atoms with Crippen LogP contribution in [0.1, 0.15) is 0 Å². The average molecular weight is 315 g/mol. The number of nitro groups is 1. The molecule has 0 spiro atoms. The van der Waals surface area contributed by atoms with Crippen LogP contribution in [0.2, 0.25) is 0 Å². The van der Waals surface area contributed by atoms with Crippen molar-refractivity contribution in [2.24, 2.45) is 0 Å². The van der Waals surface area contributed by atoms with Crippen molar-refractivity contribution in [3.63, 3.8) is 0 Å². The van der Waals surface area contributed by atoms with E-state index < -0.39 is 37.3 Å². The molecule has 0 fully saturated rings. The standard InChI is InChI=1S/C11H7F2N3O4S/c12-8-5-4-7(6-9(8)16(17)18)21(19,20)15-11-3-1-2-10(13)14-11/h1-6H,(H,14,15). The van der Waals surface area contributed by atoms with Crippen molar-refractivity contribution in [1.82, 2.24) is 4.98 Å². The quantitative estimate of drug-likeness (QED) is 0.528. The van der Waals surface area contributed by atoms with E-state index in [9.17, 15) is 27.3 Å². The smallest absolute Gasteiger partial charge is 0.263 e. The van der Waals surface area contributed by atoms with E-state index in [-0.39, 0.29) is 5.82 Å². The van der Waals surface area contributed by atoms with Gasteiger partial charge in [-0.2, -0.15) is 8.78 Å². The van der Waals surface area contributed by atoms with Crippen molar-refractivity contribution in [3.05, 3.63) is 58.3 Å². The lowest BCUT2D eigenvalue weighted by molar-refractivity contribution is -0.387. The fourth-order valence-corrected chi connectivity index (χ4v) is 2.48. The molecule has 2 rings (SSSR count). The Bertz CT molecular complexity index is 811. The predicted molar refractivity (Wildman–Crippen MR) is 68.1 cm³/mol. The Labute approximate surface area is 117 Å². The van der Waals surface area contributed by atoms with Gasteiger partial charge in [0.05, 0.1) is 9.82 Å². The Morgan fingerprint density at radius 2 is 1.90 bits per heavy atom. The summed E-state index contributed by atoms with van der Waals surface area (Å²) in [5, 5.41) is 10.6. The number of anilines is 1. The minimum Gasteiger partial charge on any atom is -0.263 e.